The Kier molecular flexibility index (Phi) is 4.52. The van der Waals surface area contributed by atoms with Crippen LogP contribution in [0.2, 0.25) is 0 Å². The highest BCUT2D eigenvalue weighted by Crippen LogP contribution is 2.17. The minimum Gasteiger partial charge on any atom is -0.508 e. The molecule has 0 bridgehead atoms. The van der Waals surface area contributed by atoms with E-state index in [1.54, 1.807) is 19.1 Å². The maximum atomic E-state index is 11.9. The number of phenolic OH excluding ortho intramolecular Hbond substituents is 1. The number of phenols is 1. The zero-order valence-corrected chi connectivity index (χ0v) is 10.4. The van der Waals surface area contributed by atoms with E-state index in [9.17, 15) is 9.90 Å². The number of carbonyl (C=O) groups is 1. The molecule has 1 unspecified atom stereocenters. The predicted molar refractivity (Wildman–Crippen MR) is 66.0 cm³/mol. The van der Waals surface area contributed by atoms with Crippen LogP contribution in [-0.4, -0.2) is 28.8 Å². The Morgan fingerprint density at radius 3 is 2.53 bits per heavy atom. The summed E-state index contributed by atoms with van der Waals surface area (Å²) >= 11 is 0. The average Bonchev–Trinajstić information content (AvgIpc) is 2.28. The van der Waals surface area contributed by atoms with Gasteiger partial charge in [-0.15, -0.1) is 0 Å². The Balaban J connectivity index is 2.79. The summed E-state index contributed by atoms with van der Waals surface area (Å²) in [5.41, 5.74) is 1.14. The largest absolute Gasteiger partial charge is 0.508 e. The molecule has 3 N–H and O–H groups in total. The molecule has 17 heavy (non-hydrogen) atoms. The van der Waals surface area contributed by atoms with Crippen LogP contribution in [0.25, 0.3) is 0 Å². The zero-order valence-electron chi connectivity index (χ0n) is 10.4. The third-order valence-electron chi connectivity index (χ3n) is 2.78. The Hall–Kier alpha value is -1.55. The van der Waals surface area contributed by atoms with Crippen molar-refractivity contribution in [2.45, 2.75) is 26.8 Å². The lowest BCUT2D eigenvalue weighted by atomic mass is 10.0. The summed E-state index contributed by atoms with van der Waals surface area (Å²) in [6, 6.07) is 4.43. The Morgan fingerprint density at radius 1 is 1.41 bits per heavy atom. The summed E-state index contributed by atoms with van der Waals surface area (Å²) in [6.07, 6.45) is 0. The van der Waals surface area contributed by atoms with Crippen molar-refractivity contribution in [2.24, 2.45) is 5.92 Å². The smallest absolute Gasteiger partial charge is 0.251 e. The number of benzene rings is 1. The van der Waals surface area contributed by atoms with Gasteiger partial charge in [0, 0.05) is 5.56 Å². The van der Waals surface area contributed by atoms with Gasteiger partial charge in [-0.3, -0.25) is 4.79 Å². The number of carbonyl (C=O) groups excluding carboxylic acids is 1. The van der Waals surface area contributed by atoms with Crippen molar-refractivity contribution in [3.63, 3.8) is 0 Å². The van der Waals surface area contributed by atoms with Crippen LogP contribution in [-0.2, 0) is 0 Å². The summed E-state index contributed by atoms with van der Waals surface area (Å²) in [5.74, 6) is 0.104. The molecule has 1 aromatic rings. The molecule has 1 aromatic carbocycles. The van der Waals surface area contributed by atoms with Gasteiger partial charge in [0.05, 0.1) is 12.6 Å². The average molecular weight is 237 g/mol. The van der Waals surface area contributed by atoms with E-state index in [1.165, 1.54) is 6.07 Å². The third kappa shape index (κ3) is 3.46. The van der Waals surface area contributed by atoms with Crippen LogP contribution >= 0.6 is 0 Å². The second-order valence-corrected chi connectivity index (χ2v) is 4.51. The first-order valence-corrected chi connectivity index (χ1v) is 5.67. The highest BCUT2D eigenvalue weighted by atomic mass is 16.3. The SMILES string of the molecule is Cc1cc(C(=O)NC(CO)C(C)C)ccc1O. The van der Waals surface area contributed by atoms with Gasteiger partial charge in [-0.2, -0.15) is 0 Å². The number of hydrogen-bond acceptors (Lipinski definition) is 3. The number of aromatic hydroxyl groups is 1. The Bertz CT molecular complexity index is 402. The lowest BCUT2D eigenvalue weighted by Gasteiger charge is -2.20. The molecule has 0 aromatic heterocycles. The fraction of sp³-hybridized carbons (Fsp3) is 0.462. The number of aliphatic hydroxyl groups excluding tert-OH is 1. The number of hydrogen-bond donors (Lipinski definition) is 3. The molecule has 0 aliphatic heterocycles. The van der Waals surface area contributed by atoms with Gasteiger partial charge in [0.15, 0.2) is 0 Å². The first-order chi connectivity index (χ1) is 7.95. The topological polar surface area (TPSA) is 69.6 Å². The van der Waals surface area contributed by atoms with E-state index in [0.29, 0.717) is 11.1 Å². The third-order valence-corrected chi connectivity index (χ3v) is 2.78. The molecule has 0 spiro atoms. The number of amides is 1. The molecule has 1 atom stereocenters. The molecule has 0 radical (unpaired) electrons. The Morgan fingerprint density at radius 2 is 2.06 bits per heavy atom. The maximum absolute atomic E-state index is 11.9. The van der Waals surface area contributed by atoms with Crippen LogP contribution in [0.3, 0.4) is 0 Å². The maximum Gasteiger partial charge on any atom is 0.251 e. The highest BCUT2D eigenvalue weighted by Gasteiger charge is 2.16. The van der Waals surface area contributed by atoms with E-state index in [0.717, 1.165) is 0 Å². The molecule has 0 fully saturated rings. The molecule has 4 heteroatoms. The van der Waals surface area contributed by atoms with Crippen LogP contribution in [0.4, 0.5) is 0 Å². The minimum atomic E-state index is -0.253. The van der Waals surface area contributed by atoms with E-state index < -0.39 is 0 Å². The normalized spacial score (nSPS) is 12.5. The van der Waals surface area contributed by atoms with Crippen molar-refractivity contribution in [3.8, 4) is 5.75 Å². The first-order valence-electron chi connectivity index (χ1n) is 5.67. The quantitative estimate of drug-likeness (QED) is 0.742. The van der Waals surface area contributed by atoms with Crippen LogP contribution in [0.15, 0.2) is 18.2 Å². The second kappa shape index (κ2) is 5.68. The predicted octanol–water partition coefficient (Wildman–Crippen LogP) is 1.45. The number of aliphatic hydroxyl groups is 1. The minimum absolute atomic E-state index is 0.0829. The van der Waals surface area contributed by atoms with E-state index in [4.69, 9.17) is 5.11 Å². The first kappa shape index (κ1) is 13.5. The summed E-state index contributed by atoms with van der Waals surface area (Å²) in [4.78, 5) is 11.9. The van der Waals surface area contributed by atoms with Crippen LogP contribution in [0.5, 0.6) is 5.75 Å². The van der Waals surface area contributed by atoms with Crippen molar-refractivity contribution in [1.82, 2.24) is 5.32 Å². The van der Waals surface area contributed by atoms with E-state index in [1.807, 2.05) is 13.8 Å². The summed E-state index contributed by atoms with van der Waals surface area (Å²) < 4.78 is 0. The molecule has 94 valence electrons. The van der Waals surface area contributed by atoms with Crippen molar-refractivity contribution in [1.29, 1.82) is 0 Å². The van der Waals surface area contributed by atoms with Crippen LogP contribution in [0, 0.1) is 12.8 Å². The summed E-state index contributed by atoms with van der Waals surface area (Å²) in [6.45, 7) is 5.52. The van der Waals surface area contributed by atoms with Gasteiger partial charge in [-0.25, -0.2) is 0 Å². The van der Waals surface area contributed by atoms with E-state index >= 15 is 0 Å². The van der Waals surface area contributed by atoms with Gasteiger partial charge in [0.2, 0.25) is 0 Å². The standard InChI is InChI=1S/C13H19NO3/c1-8(2)11(7-15)14-13(17)10-4-5-12(16)9(3)6-10/h4-6,8,11,15-16H,7H2,1-3H3,(H,14,17). The monoisotopic (exact) mass is 237 g/mol. The Labute approximate surface area is 101 Å². The molecular weight excluding hydrogens is 218 g/mol. The lowest BCUT2D eigenvalue weighted by Crippen LogP contribution is -2.41. The van der Waals surface area contributed by atoms with Crippen LogP contribution in [0.1, 0.15) is 29.8 Å². The van der Waals surface area contributed by atoms with Crippen molar-refractivity contribution in [3.05, 3.63) is 29.3 Å². The van der Waals surface area contributed by atoms with Gasteiger partial charge < -0.3 is 15.5 Å². The number of rotatable bonds is 4. The summed E-state index contributed by atoms with van der Waals surface area (Å²) in [5, 5.41) is 21.3. The molecule has 0 saturated heterocycles. The highest BCUT2D eigenvalue weighted by molar-refractivity contribution is 5.94. The molecule has 1 rings (SSSR count). The van der Waals surface area contributed by atoms with Crippen LogP contribution < -0.4 is 5.32 Å². The number of aryl methyl sites for hydroxylation is 1. The molecule has 0 aliphatic rings. The van der Waals surface area contributed by atoms with Crippen molar-refractivity contribution in [2.75, 3.05) is 6.61 Å². The second-order valence-electron chi connectivity index (χ2n) is 4.51. The fourth-order valence-corrected chi connectivity index (χ4v) is 1.47. The van der Waals surface area contributed by atoms with Gasteiger partial charge in [-0.05, 0) is 36.6 Å². The number of nitrogens with one attached hydrogen (secondary N) is 1. The fourth-order valence-electron chi connectivity index (χ4n) is 1.47. The molecule has 1 amide bonds. The van der Waals surface area contributed by atoms with E-state index in [2.05, 4.69) is 5.32 Å². The van der Waals surface area contributed by atoms with Gasteiger partial charge >= 0.3 is 0 Å². The van der Waals surface area contributed by atoms with Crippen molar-refractivity contribution >= 4 is 5.91 Å². The van der Waals surface area contributed by atoms with E-state index in [-0.39, 0.29) is 30.2 Å². The molecule has 4 nitrogen and oxygen atoms in total. The van der Waals surface area contributed by atoms with Gasteiger partial charge in [0.25, 0.3) is 5.91 Å². The van der Waals surface area contributed by atoms with Crippen molar-refractivity contribution < 1.29 is 15.0 Å². The molecular formula is C13H19NO3. The lowest BCUT2D eigenvalue weighted by molar-refractivity contribution is 0.0897. The molecule has 0 heterocycles. The van der Waals surface area contributed by atoms with Gasteiger partial charge in [-0.1, -0.05) is 13.8 Å². The molecule has 0 aliphatic carbocycles. The van der Waals surface area contributed by atoms with Gasteiger partial charge in [0.1, 0.15) is 5.75 Å². The summed E-state index contributed by atoms with van der Waals surface area (Å²) in [7, 11) is 0. The molecule has 0 saturated carbocycles. The zero-order chi connectivity index (χ0) is 13.0.